The number of ether oxygens (including phenoxy) is 1. The average Bonchev–Trinajstić information content (AvgIpc) is 2.28. The van der Waals surface area contributed by atoms with Gasteiger partial charge >= 0.3 is 0 Å². The van der Waals surface area contributed by atoms with Crippen LogP contribution in [0.1, 0.15) is 6.92 Å². The normalized spacial score (nSPS) is 17.1. The van der Waals surface area contributed by atoms with Gasteiger partial charge in [-0.2, -0.15) is 0 Å². The smallest absolute Gasteiger partial charge is 0.250 e. The molecule has 1 aliphatic rings. The first-order valence-corrected chi connectivity index (χ1v) is 7.04. The first kappa shape index (κ1) is 14.0. The minimum absolute atomic E-state index is 0.0664. The highest BCUT2D eigenvalue weighted by molar-refractivity contribution is 14.1. The van der Waals surface area contributed by atoms with Crippen LogP contribution in [-0.2, 0) is 9.53 Å². The van der Waals surface area contributed by atoms with Crippen LogP contribution in [0.2, 0.25) is 5.02 Å². The summed E-state index contributed by atoms with van der Waals surface area (Å²) in [5, 5.41) is 6.58. The summed E-state index contributed by atoms with van der Waals surface area (Å²) in [6.07, 6.45) is 0. The molecule has 0 atom stereocenters. The lowest BCUT2D eigenvalue weighted by molar-refractivity contribution is -0.130. The van der Waals surface area contributed by atoms with Crippen molar-refractivity contribution in [1.29, 1.82) is 0 Å². The maximum atomic E-state index is 11.7. The standard InChI is InChI=1S/C12H14ClIN2O2/c1-12(6-15-7-12)18-5-11(17)16-10-3-2-8(13)4-9(10)14/h2-4,15H,5-7H2,1H3,(H,16,17). The molecule has 18 heavy (non-hydrogen) atoms. The van der Waals surface area contributed by atoms with Crippen molar-refractivity contribution in [1.82, 2.24) is 5.32 Å². The zero-order valence-electron chi connectivity index (χ0n) is 9.93. The van der Waals surface area contributed by atoms with Crippen LogP contribution in [0.5, 0.6) is 0 Å². The molecule has 0 spiro atoms. The van der Waals surface area contributed by atoms with Crippen LogP contribution >= 0.6 is 34.2 Å². The molecule has 1 heterocycles. The van der Waals surface area contributed by atoms with Crippen molar-refractivity contribution in [3.05, 3.63) is 26.8 Å². The SMILES string of the molecule is CC1(OCC(=O)Nc2ccc(Cl)cc2I)CNC1. The Balaban J connectivity index is 1.87. The monoisotopic (exact) mass is 380 g/mol. The van der Waals surface area contributed by atoms with Crippen LogP contribution in [0.25, 0.3) is 0 Å². The van der Waals surface area contributed by atoms with Gasteiger partial charge in [0, 0.05) is 21.7 Å². The molecule has 0 bridgehead atoms. The summed E-state index contributed by atoms with van der Waals surface area (Å²) < 4.78 is 6.47. The highest BCUT2D eigenvalue weighted by Crippen LogP contribution is 2.22. The van der Waals surface area contributed by atoms with Gasteiger partial charge in [0.05, 0.1) is 11.3 Å². The van der Waals surface area contributed by atoms with Gasteiger partial charge in [-0.25, -0.2) is 0 Å². The summed E-state index contributed by atoms with van der Waals surface area (Å²) in [7, 11) is 0. The van der Waals surface area contributed by atoms with Crippen LogP contribution in [0.3, 0.4) is 0 Å². The second-order valence-electron chi connectivity index (χ2n) is 4.51. The number of halogens is 2. The van der Waals surface area contributed by atoms with Crippen molar-refractivity contribution >= 4 is 45.8 Å². The van der Waals surface area contributed by atoms with E-state index in [1.807, 2.05) is 6.92 Å². The maximum absolute atomic E-state index is 11.7. The Morgan fingerprint density at radius 1 is 1.61 bits per heavy atom. The molecular formula is C12H14ClIN2O2. The van der Waals surface area contributed by atoms with Crippen LogP contribution in [-0.4, -0.2) is 31.2 Å². The molecule has 1 aliphatic heterocycles. The molecule has 4 nitrogen and oxygen atoms in total. The molecule has 0 radical (unpaired) electrons. The van der Waals surface area contributed by atoms with E-state index in [4.69, 9.17) is 16.3 Å². The van der Waals surface area contributed by atoms with Gasteiger partial charge < -0.3 is 15.4 Å². The molecule has 0 aliphatic carbocycles. The van der Waals surface area contributed by atoms with Gasteiger partial charge in [-0.3, -0.25) is 4.79 Å². The van der Waals surface area contributed by atoms with Gasteiger partial charge in [0.15, 0.2) is 0 Å². The van der Waals surface area contributed by atoms with Crippen molar-refractivity contribution in [3.63, 3.8) is 0 Å². The third-order valence-electron chi connectivity index (χ3n) is 2.75. The summed E-state index contributed by atoms with van der Waals surface area (Å²) >= 11 is 7.98. The molecular weight excluding hydrogens is 367 g/mol. The van der Waals surface area contributed by atoms with Crippen LogP contribution < -0.4 is 10.6 Å². The first-order chi connectivity index (χ1) is 8.48. The Morgan fingerprint density at radius 2 is 2.33 bits per heavy atom. The molecule has 6 heteroatoms. The first-order valence-electron chi connectivity index (χ1n) is 5.58. The Hall–Kier alpha value is -0.370. The highest BCUT2D eigenvalue weighted by Gasteiger charge is 2.33. The number of anilines is 1. The van der Waals surface area contributed by atoms with E-state index in [-0.39, 0.29) is 18.1 Å². The number of carbonyl (C=O) groups excluding carboxylic acids is 1. The zero-order chi connectivity index (χ0) is 13.2. The number of amides is 1. The maximum Gasteiger partial charge on any atom is 0.250 e. The molecule has 98 valence electrons. The fourth-order valence-electron chi connectivity index (χ4n) is 1.60. The van der Waals surface area contributed by atoms with E-state index < -0.39 is 0 Å². The number of hydrogen-bond donors (Lipinski definition) is 2. The van der Waals surface area contributed by atoms with Crippen LogP contribution in [0, 0.1) is 3.57 Å². The van der Waals surface area contributed by atoms with Gasteiger partial charge in [-0.15, -0.1) is 0 Å². The quantitative estimate of drug-likeness (QED) is 0.788. The van der Waals surface area contributed by atoms with Gasteiger partial charge in [0.25, 0.3) is 0 Å². The summed E-state index contributed by atoms with van der Waals surface area (Å²) in [5.41, 5.74) is 0.551. The number of nitrogens with one attached hydrogen (secondary N) is 2. The molecule has 2 rings (SSSR count). The summed E-state index contributed by atoms with van der Waals surface area (Å²) in [6, 6.07) is 5.34. The van der Waals surface area contributed by atoms with Gasteiger partial charge in [-0.05, 0) is 47.7 Å². The molecule has 1 amide bonds. The fourth-order valence-corrected chi connectivity index (χ4v) is 2.60. The van der Waals surface area contributed by atoms with E-state index in [2.05, 4.69) is 33.2 Å². The molecule has 1 aromatic carbocycles. The van der Waals surface area contributed by atoms with Gasteiger partial charge in [0.1, 0.15) is 6.61 Å². The number of benzene rings is 1. The Labute approximate surface area is 125 Å². The lowest BCUT2D eigenvalue weighted by Gasteiger charge is -2.38. The molecule has 0 aromatic heterocycles. The lowest BCUT2D eigenvalue weighted by Crippen LogP contribution is -2.59. The van der Waals surface area contributed by atoms with Crippen molar-refractivity contribution in [3.8, 4) is 0 Å². The fraction of sp³-hybridized carbons (Fsp3) is 0.417. The van der Waals surface area contributed by atoms with Crippen molar-refractivity contribution in [2.24, 2.45) is 0 Å². The molecule has 0 unspecified atom stereocenters. The summed E-state index contributed by atoms with van der Waals surface area (Å²) in [5.74, 6) is -0.150. The molecule has 1 fully saturated rings. The van der Waals surface area contributed by atoms with Gasteiger partial charge in [0.2, 0.25) is 5.91 Å². The van der Waals surface area contributed by atoms with Crippen molar-refractivity contribution < 1.29 is 9.53 Å². The zero-order valence-corrected chi connectivity index (χ0v) is 12.8. The Morgan fingerprint density at radius 3 is 2.89 bits per heavy atom. The van der Waals surface area contributed by atoms with Crippen molar-refractivity contribution in [2.75, 3.05) is 25.0 Å². The second-order valence-corrected chi connectivity index (χ2v) is 6.11. The molecule has 2 N–H and O–H groups in total. The van der Waals surface area contributed by atoms with E-state index in [9.17, 15) is 4.79 Å². The summed E-state index contributed by atoms with van der Waals surface area (Å²) in [6.45, 7) is 3.64. The van der Waals surface area contributed by atoms with E-state index in [0.29, 0.717) is 5.02 Å². The van der Waals surface area contributed by atoms with E-state index in [0.717, 1.165) is 22.3 Å². The third kappa shape index (κ3) is 3.57. The highest BCUT2D eigenvalue weighted by atomic mass is 127. The number of rotatable bonds is 4. The second kappa shape index (κ2) is 5.73. The average molecular weight is 381 g/mol. The van der Waals surface area contributed by atoms with E-state index in [1.54, 1.807) is 18.2 Å². The third-order valence-corrected chi connectivity index (χ3v) is 3.88. The Bertz CT molecular complexity index is 463. The van der Waals surface area contributed by atoms with E-state index in [1.165, 1.54) is 0 Å². The predicted molar refractivity (Wildman–Crippen MR) is 80.0 cm³/mol. The number of hydrogen-bond acceptors (Lipinski definition) is 3. The van der Waals surface area contributed by atoms with Crippen molar-refractivity contribution in [2.45, 2.75) is 12.5 Å². The molecule has 1 aromatic rings. The van der Waals surface area contributed by atoms with Crippen LogP contribution in [0.15, 0.2) is 18.2 Å². The summed E-state index contributed by atoms with van der Waals surface area (Å²) in [4.78, 5) is 11.7. The van der Waals surface area contributed by atoms with E-state index >= 15 is 0 Å². The lowest BCUT2D eigenvalue weighted by atomic mass is 10.0. The number of carbonyl (C=O) groups is 1. The minimum atomic E-state index is -0.204. The topological polar surface area (TPSA) is 50.4 Å². The predicted octanol–water partition coefficient (Wildman–Crippen LogP) is 2.26. The molecule has 1 saturated heterocycles. The largest absolute Gasteiger partial charge is 0.363 e. The minimum Gasteiger partial charge on any atom is -0.363 e. The van der Waals surface area contributed by atoms with Gasteiger partial charge in [-0.1, -0.05) is 11.6 Å². The Kier molecular flexibility index (Phi) is 4.47. The van der Waals surface area contributed by atoms with Crippen LogP contribution in [0.4, 0.5) is 5.69 Å². The molecule has 0 saturated carbocycles.